The molecule has 0 amide bonds. The van der Waals surface area contributed by atoms with Crippen molar-refractivity contribution in [3.8, 4) is 16.3 Å². The Morgan fingerprint density at radius 2 is 1.86 bits per heavy atom. The first-order valence-corrected chi connectivity index (χ1v) is 13.9. The van der Waals surface area contributed by atoms with Gasteiger partial charge in [-0.3, -0.25) is 0 Å². The van der Waals surface area contributed by atoms with Crippen LogP contribution in [-0.2, 0) is 27.8 Å². The Balaban J connectivity index is 1.43. The van der Waals surface area contributed by atoms with Gasteiger partial charge in [0, 0.05) is 40.0 Å². The molecule has 4 aromatic rings. The van der Waals surface area contributed by atoms with Gasteiger partial charge in [-0.2, -0.15) is 0 Å². The Bertz CT molecular complexity index is 1330. The van der Waals surface area contributed by atoms with Crippen LogP contribution in [0.15, 0.2) is 47.8 Å². The minimum Gasteiger partial charge on any atom is -0.493 e. The highest BCUT2D eigenvalue weighted by Crippen LogP contribution is 2.34. The highest BCUT2D eigenvalue weighted by atomic mass is 32.1. The van der Waals surface area contributed by atoms with Crippen molar-refractivity contribution < 1.29 is 19.4 Å². The summed E-state index contributed by atoms with van der Waals surface area (Å²) in [5.41, 5.74) is 4.62. The third kappa shape index (κ3) is 5.97. The lowest BCUT2D eigenvalue weighted by atomic mass is 9.87. The highest BCUT2D eigenvalue weighted by molar-refractivity contribution is 7.17. The average Bonchev–Trinajstić information content (AvgIpc) is 3.47. The molecular formula is C29H33NO4S2. The van der Waals surface area contributed by atoms with E-state index in [0.717, 1.165) is 44.1 Å². The number of carbonyl (C=O) groups is 1. The van der Waals surface area contributed by atoms with Gasteiger partial charge in [0.2, 0.25) is 0 Å². The van der Waals surface area contributed by atoms with Crippen LogP contribution in [0, 0.1) is 6.92 Å². The normalized spacial score (nSPS) is 12.7. The summed E-state index contributed by atoms with van der Waals surface area (Å²) in [5.74, 6) is -0.130. The Labute approximate surface area is 220 Å². The topological polar surface area (TPSA) is 68.7 Å². The van der Waals surface area contributed by atoms with Crippen molar-refractivity contribution in [3.05, 3.63) is 69.5 Å². The predicted octanol–water partition coefficient (Wildman–Crippen LogP) is 7.28. The number of nitrogens with zero attached hydrogens (tertiary/aromatic N) is 1. The van der Waals surface area contributed by atoms with Crippen molar-refractivity contribution in [2.45, 2.75) is 59.0 Å². The second-order valence-electron chi connectivity index (χ2n) is 9.82. The van der Waals surface area contributed by atoms with Crippen molar-refractivity contribution >= 4 is 38.7 Å². The monoisotopic (exact) mass is 523 g/mol. The van der Waals surface area contributed by atoms with E-state index in [0.29, 0.717) is 19.6 Å². The van der Waals surface area contributed by atoms with Gasteiger partial charge in [-0.05, 0) is 47.9 Å². The van der Waals surface area contributed by atoms with Crippen LogP contribution in [0.1, 0.15) is 49.4 Å². The van der Waals surface area contributed by atoms with E-state index in [1.807, 2.05) is 30.5 Å². The van der Waals surface area contributed by atoms with Crippen LogP contribution >= 0.6 is 22.7 Å². The van der Waals surface area contributed by atoms with Crippen molar-refractivity contribution in [2.24, 2.45) is 0 Å². The molecule has 2 heterocycles. The van der Waals surface area contributed by atoms with E-state index in [9.17, 15) is 9.90 Å². The summed E-state index contributed by atoms with van der Waals surface area (Å²) in [6.45, 7) is 11.5. The summed E-state index contributed by atoms with van der Waals surface area (Å²) < 4.78 is 12.6. The summed E-state index contributed by atoms with van der Waals surface area (Å²) >= 11 is 3.32. The molecule has 36 heavy (non-hydrogen) atoms. The minimum absolute atomic E-state index is 0.132. The number of thiophene rings is 1. The fourth-order valence-electron chi connectivity index (χ4n) is 4.15. The number of thiazole rings is 1. The summed E-state index contributed by atoms with van der Waals surface area (Å²) in [7, 11) is 0. The van der Waals surface area contributed by atoms with Crippen LogP contribution in [0.4, 0.5) is 0 Å². The first-order valence-electron chi connectivity index (χ1n) is 12.2. The van der Waals surface area contributed by atoms with Crippen LogP contribution in [0.5, 0.6) is 5.75 Å². The van der Waals surface area contributed by atoms with Crippen LogP contribution in [0.2, 0.25) is 0 Å². The minimum atomic E-state index is -0.940. The van der Waals surface area contributed by atoms with Gasteiger partial charge < -0.3 is 14.6 Å². The number of aryl methyl sites for hydroxylation is 1. The summed E-state index contributed by atoms with van der Waals surface area (Å²) in [5, 5.41) is 13.5. The maximum absolute atomic E-state index is 11.5. The zero-order valence-corrected chi connectivity index (χ0v) is 23.1. The standard InChI is InChI=1S/C29H33NO4S2/c1-6-33-25(28(31)32)17-20-9-12-24(22-14-16-35-26(20)22)34-15-13-23-18(2)36-27(30-23)19-7-10-21(11-8-19)29(3,4)5/h7-12,14,16,25H,6,13,15,17H2,1-5H3,(H,31,32). The van der Waals surface area contributed by atoms with Crippen LogP contribution in [0.3, 0.4) is 0 Å². The second kappa shape index (κ2) is 11.1. The predicted molar refractivity (Wildman–Crippen MR) is 149 cm³/mol. The van der Waals surface area contributed by atoms with Crippen LogP contribution in [0.25, 0.3) is 20.7 Å². The smallest absolute Gasteiger partial charge is 0.333 e. The van der Waals surface area contributed by atoms with Gasteiger partial charge in [0.05, 0.1) is 12.3 Å². The molecule has 5 nitrogen and oxygen atoms in total. The number of carboxylic acids is 1. The van der Waals surface area contributed by atoms with Gasteiger partial charge >= 0.3 is 5.97 Å². The molecule has 0 radical (unpaired) electrons. The van der Waals surface area contributed by atoms with Gasteiger partial charge in [-0.1, -0.05) is 51.1 Å². The summed E-state index contributed by atoms with van der Waals surface area (Å²) in [6.07, 6.45) is 0.206. The molecule has 1 N–H and O–H groups in total. The number of aliphatic carboxylic acids is 1. The molecule has 0 saturated heterocycles. The quantitative estimate of drug-likeness (QED) is 0.236. The highest BCUT2D eigenvalue weighted by Gasteiger charge is 2.21. The second-order valence-corrected chi connectivity index (χ2v) is 11.9. The molecule has 0 saturated carbocycles. The number of carboxylic acid groups (broad SMARTS) is 1. The number of fused-ring (bicyclic) bond motifs is 1. The van der Waals surface area contributed by atoms with Gasteiger partial charge in [0.25, 0.3) is 0 Å². The SMILES string of the molecule is CCOC(Cc1ccc(OCCc2nc(-c3ccc(C(C)(C)C)cc3)sc2C)c2ccsc12)C(=O)O. The number of hydrogen-bond donors (Lipinski definition) is 1. The van der Waals surface area contributed by atoms with Crippen molar-refractivity contribution in [3.63, 3.8) is 0 Å². The third-order valence-electron chi connectivity index (χ3n) is 6.19. The summed E-state index contributed by atoms with van der Waals surface area (Å²) in [6, 6.07) is 14.6. The number of rotatable bonds is 10. The van der Waals surface area contributed by atoms with Crippen LogP contribution < -0.4 is 4.74 Å². The average molecular weight is 524 g/mol. The Morgan fingerprint density at radius 1 is 1.11 bits per heavy atom. The van der Waals surface area contributed by atoms with Crippen molar-refractivity contribution in [1.82, 2.24) is 4.98 Å². The fraction of sp³-hybridized carbons (Fsp3) is 0.379. The molecule has 0 bridgehead atoms. The molecule has 0 aliphatic carbocycles. The van der Waals surface area contributed by atoms with E-state index in [4.69, 9.17) is 14.5 Å². The maximum atomic E-state index is 11.5. The zero-order valence-electron chi connectivity index (χ0n) is 21.5. The molecule has 7 heteroatoms. The molecular weight excluding hydrogens is 490 g/mol. The number of aromatic nitrogens is 1. The molecule has 0 fully saturated rings. The third-order valence-corrected chi connectivity index (χ3v) is 8.25. The van der Waals surface area contributed by atoms with Crippen molar-refractivity contribution in [2.75, 3.05) is 13.2 Å². The molecule has 2 aromatic heterocycles. The molecule has 0 aliphatic rings. The molecule has 0 aliphatic heterocycles. The fourth-order valence-corrected chi connectivity index (χ4v) is 6.06. The number of hydrogen-bond acceptors (Lipinski definition) is 6. The summed E-state index contributed by atoms with van der Waals surface area (Å²) in [4.78, 5) is 17.6. The van der Waals surface area contributed by atoms with Gasteiger partial charge in [0.1, 0.15) is 10.8 Å². The molecule has 1 unspecified atom stereocenters. The molecule has 1 atom stereocenters. The van der Waals surface area contributed by atoms with E-state index in [1.165, 1.54) is 10.4 Å². The first-order chi connectivity index (χ1) is 17.2. The maximum Gasteiger partial charge on any atom is 0.333 e. The van der Waals surface area contributed by atoms with Gasteiger partial charge in [-0.25, -0.2) is 9.78 Å². The largest absolute Gasteiger partial charge is 0.493 e. The Morgan fingerprint density at radius 3 is 2.53 bits per heavy atom. The lowest BCUT2D eigenvalue weighted by Crippen LogP contribution is -2.26. The molecule has 2 aromatic carbocycles. The first kappa shape index (κ1) is 26.3. The van der Waals surface area contributed by atoms with E-state index >= 15 is 0 Å². The van der Waals surface area contributed by atoms with E-state index in [-0.39, 0.29) is 5.41 Å². The van der Waals surface area contributed by atoms with E-state index < -0.39 is 12.1 Å². The van der Waals surface area contributed by atoms with E-state index in [2.05, 4.69) is 52.0 Å². The van der Waals surface area contributed by atoms with Gasteiger partial charge in [-0.15, -0.1) is 22.7 Å². The molecule has 190 valence electrons. The Kier molecular flexibility index (Phi) is 8.13. The molecule has 4 rings (SSSR count). The van der Waals surface area contributed by atoms with Gasteiger partial charge in [0.15, 0.2) is 6.10 Å². The zero-order chi connectivity index (χ0) is 25.9. The lowest BCUT2D eigenvalue weighted by molar-refractivity contribution is -0.149. The van der Waals surface area contributed by atoms with Crippen molar-refractivity contribution in [1.29, 1.82) is 0 Å². The van der Waals surface area contributed by atoms with E-state index in [1.54, 1.807) is 22.7 Å². The Hall–Kier alpha value is -2.74. The number of ether oxygens (including phenoxy) is 2. The van der Waals surface area contributed by atoms with Crippen LogP contribution in [-0.4, -0.2) is 35.4 Å². The number of benzene rings is 2. The molecule has 0 spiro atoms. The lowest BCUT2D eigenvalue weighted by Gasteiger charge is -2.18.